The molecule has 0 saturated carbocycles. The monoisotopic (exact) mass is 425 g/mol. The average molecular weight is 426 g/mol. The standard InChI is InChI=1S/C21H20ClN5OS/c22-16-9-7-15(8-10-16)13-26-17-5-1-2-6-18(17)27-20(26)23-24-21(27)29-14-19(28)25-11-3-4-12-25/h1-2,5-10H,3-4,11-14H2. The van der Waals surface area contributed by atoms with Crippen molar-refractivity contribution >= 4 is 46.1 Å². The van der Waals surface area contributed by atoms with E-state index in [-0.39, 0.29) is 5.91 Å². The predicted octanol–water partition coefficient (Wildman–Crippen LogP) is 4.10. The maximum absolute atomic E-state index is 12.4. The van der Waals surface area contributed by atoms with Crippen LogP contribution < -0.4 is 0 Å². The van der Waals surface area contributed by atoms with Crippen LogP contribution in [0.3, 0.4) is 0 Å². The van der Waals surface area contributed by atoms with Crippen LogP contribution >= 0.6 is 23.4 Å². The van der Waals surface area contributed by atoms with Gasteiger partial charge in [0.1, 0.15) is 0 Å². The predicted molar refractivity (Wildman–Crippen MR) is 116 cm³/mol. The second-order valence-corrected chi connectivity index (χ2v) is 8.57. The number of carbonyl (C=O) groups is 1. The maximum atomic E-state index is 12.4. The summed E-state index contributed by atoms with van der Waals surface area (Å²) in [5.74, 6) is 1.34. The van der Waals surface area contributed by atoms with Crippen molar-refractivity contribution in [3.05, 3.63) is 59.1 Å². The molecule has 148 valence electrons. The van der Waals surface area contributed by atoms with Gasteiger partial charge in [0.25, 0.3) is 0 Å². The normalized spacial score (nSPS) is 14.3. The zero-order chi connectivity index (χ0) is 19.8. The molecule has 1 amide bonds. The van der Waals surface area contributed by atoms with Gasteiger partial charge in [0.2, 0.25) is 11.7 Å². The summed E-state index contributed by atoms with van der Waals surface area (Å²) in [5, 5.41) is 10.3. The second kappa shape index (κ2) is 7.72. The molecule has 0 unspecified atom stereocenters. The minimum absolute atomic E-state index is 0.175. The Morgan fingerprint density at radius 1 is 1.00 bits per heavy atom. The summed E-state index contributed by atoms with van der Waals surface area (Å²) in [6.45, 7) is 2.41. The van der Waals surface area contributed by atoms with Crippen LogP contribution in [0.4, 0.5) is 0 Å². The second-order valence-electron chi connectivity index (χ2n) is 7.20. The molecule has 5 rings (SSSR count). The van der Waals surface area contributed by atoms with Crippen molar-refractivity contribution in [2.24, 2.45) is 0 Å². The number of aromatic nitrogens is 4. The van der Waals surface area contributed by atoms with E-state index in [9.17, 15) is 4.79 Å². The molecule has 0 bridgehead atoms. The Kier molecular flexibility index (Phi) is 4.93. The topological polar surface area (TPSA) is 55.4 Å². The molecule has 2 aromatic carbocycles. The molecule has 1 fully saturated rings. The Morgan fingerprint density at radius 3 is 2.48 bits per heavy atom. The van der Waals surface area contributed by atoms with Gasteiger partial charge in [0.15, 0.2) is 5.16 Å². The van der Waals surface area contributed by atoms with Gasteiger partial charge >= 0.3 is 0 Å². The lowest BCUT2D eigenvalue weighted by atomic mass is 10.2. The Balaban J connectivity index is 1.49. The third-order valence-electron chi connectivity index (χ3n) is 5.31. The largest absolute Gasteiger partial charge is 0.342 e. The molecule has 1 aliphatic heterocycles. The van der Waals surface area contributed by atoms with Gasteiger partial charge in [0, 0.05) is 18.1 Å². The van der Waals surface area contributed by atoms with Crippen LogP contribution in [0.1, 0.15) is 18.4 Å². The first-order valence-corrected chi connectivity index (χ1v) is 11.0. The molecule has 8 heteroatoms. The van der Waals surface area contributed by atoms with E-state index in [0.29, 0.717) is 12.3 Å². The first kappa shape index (κ1) is 18.5. The fourth-order valence-corrected chi connectivity index (χ4v) is 4.81. The molecule has 29 heavy (non-hydrogen) atoms. The van der Waals surface area contributed by atoms with Crippen LogP contribution in [-0.2, 0) is 11.3 Å². The van der Waals surface area contributed by atoms with E-state index in [1.165, 1.54) is 11.8 Å². The van der Waals surface area contributed by atoms with Crippen LogP contribution in [-0.4, -0.2) is 48.8 Å². The van der Waals surface area contributed by atoms with Crippen LogP contribution in [0, 0.1) is 0 Å². The summed E-state index contributed by atoms with van der Waals surface area (Å²) >= 11 is 7.48. The van der Waals surface area contributed by atoms with Crippen molar-refractivity contribution in [1.82, 2.24) is 24.1 Å². The number of amides is 1. The first-order chi connectivity index (χ1) is 14.2. The van der Waals surface area contributed by atoms with Gasteiger partial charge in [0.05, 0.1) is 23.3 Å². The van der Waals surface area contributed by atoms with Crippen molar-refractivity contribution in [2.75, 3.05) is 18.8 Å². The van der Waals surface area contributed by atoms with Gasteiger partial charge in [-0.15, -0.1) is 10.2 Å². The lowest BCUT2D eigenvalue weighted by Gasteiger charge is -2.13. The van der Waals surface area contributed by atoms with E-state index >= 15 is 0 Å². The maximum Gasteiger partial charge on any atom is 0.237 e. The molecule has 2 aromatic heterocycles. The van der Waals surface area contributed by atoms with Gasteiger partial charge in [-0.25, -0.2) is 0 Å². The zero-order valence-corrected chi connectivity index (χ0v) is 17.4. The van der Waals surface area contributed by atoms with E-state index in [4.69, 9.17) is 11.6 Å². The van der Waals surface area contributed by atoms with E-state index in [2.05, 4.69) is 26.9 Å². The summed E-state index contributed by atoms with van der Waals surface area (Å²) in [4.78, 5) is 14.4. The van der Waals surface area contributed by atoms with E-state index in [1.807, 2.05) is 45.7 Å². The van der Waals surface area contributed by atoms with Crippen LogP contribution in [0.2, 0.25) is 5.02 Å². The van der Waals surface area contributed by atoms with E-state index < -0.39 is 0 Å². The highest BCUT2D eigenvalue weighted by Gasteiger charge is 2.21. The average Bonchev–Trinajstić information content (AvgIpc) is 3.46. The number of hydrogen-bond acceptors (Lipinski definition) is 4. The molecule has 3 heterocycles. The molecule has 4 aromatic rings. The van der Waals surface area contributed by atoms with Crippen molar-refractivity contribution in [1.29, 1.82) is 0 Å². The number of fused-ring (bicyclic) bond motifs is 3. The Bertz CT molecular complexity index is 1180. The number of thioether (sulfide) groups is 1. The summed E-state index contributed by atoms with van der Waals surface area (Å²) in [6, 6.07) is 16.0. The van der Waals surface area contributed by atoms with Gasteiger partial charge in [-0.2, -0.15) is 0 Å². The molecule has 1 aliphatic rings. The molecule has 6 nitrogen and oxygen atoms in total. The number of carbonyl (C=O) groups excluding carboxylic acids is 1. The summed E-state index contributed by atoms with van der Waals surface area (Å²) < 4.78 is 4.20. The first-order valence-electron chi connectivity index (χ1n) is 9.68. The van der Waals surface area contributed by atoms with Gasteiger partial charge < -0.3 is 9.47 Å². The van der Waals surface area contributed by atoms with Crippen molar-refractivity contribution < 1.29 is 4.79 Å². The van der Waals surface area contributed by atoms with E-state index in [0.717, 1.165) is 58.5 Å². The van der Waals surface area contributed by atoms with Gasteiger partial charge in [-0.1, -0.05) is 47.6 Å². The van der Waals surface area contributed by atoms with Crippen LogP contribution in [0.25, 0.3) is 16.8 Å². The van der Waals surface area contributed by atoms with Gasteiger partial charge in [-0.3, -0.25) is 9.20 Å². The summed E-state index contributed by atoms with van der Waals surface area (Å²) in [6.07, 6.45) is 2.20. The molecular weight excluding hydrogens is 406 g/mol. The third-order valence-corrected chi connectivity index (χ3v) is 6.47. The number of benzene rings is 2. The number of nitrogens with zero attached hydrogens (tertiary/aromatic N) is 5. The smallest absolute Gasteiger partial charge is 0.237 e. The highest BCUT2D eigenvalue weighted by atomic mass is 35.5. The fraction of sp³-hybridized carbons (Fsp3) is 0.286. The number of hydrogen-bond donors (Lipinski definition) is 0. The molecule has 0 N–H and O–H groups in total. The van der Waals surface area contributed by atoms with Crippen LogP contribution in [0.15, 0.2) is 53.7 Å². The molecule has 0 spiro atoms. The van der Waals surface area contributed by atoms with Crippen molar-refractivity contribution in [3.8, 4) is 0 Å². The zero-order valence-electron chi connectivity index (χ0n) is 15.8. The summed E-state index contributed by atoms with van der Waals surface area (Å²) in [7, 11) is 0. The quantitative estimate of drug-likeness (QED) is 0.452. The number of para-hydroxylation sites is 2. The number of halogens is 1. The highest BCUT2D eigenvalue weighted by Crippen LogP contribution is 2.27. The highest BCUT2D eigenvalue weighted by molar-refractivity contribution is 7.99. The third kappa shape index (κ3) is 3.49. The minimum atomic E-state index is 0.175. The summed E-state index contributed by atoms with van der Waals surface area (Å²) in [5.41, 5.74) is 3.26. The minimum Gasteiger partial charge on any atom is -0.342 e. The van der Waals surface area contributed by atoms with Gasteiger partial charge in [-0.05, 0) is 42.7 Å². The molecule has 0 atom stereocenters. The Labute approximate surface area is 177 Å². The SMILES string of the molecule is O=C(CSc1nnc2n(Cc3ccc(Cl)cc3)c3ccccc3n12)N1CCCC1. The van der Waals surface area contributed by atoms with Crippen molar-refractivity contribution in [2.45, 2.75) is 24.5 Å². The van der Waals surface area contributed by atoms with E-state index in [1.54, 1.807) is 0 Å². The Hall–Kier alpha value is -2.51. The van der Waals surface area contributed by atoms with Crippen LogP contribution in [0.5, 0.6) is 0 Å². The molecule has 0 aliphatic carbocycles. The number of imidazole rings is 1. The fourth-order valence-electron chi connectivity index (χ4n) is 3.84. The number of rotatable bonds is 5. The lowest BCUT2D eigenvalue weighted by Crippen LogP contribution is -2.29. The van der Waals surface area contributed by atoms with Crippen molar-refractivity contribution in [3.63, 3.8) is 0 Å². The number of likely N-dealkylation sites (tertiary alicyclic amines) is 1. The molecule has 1 saturated heterocycles. The lowest BCUT2D eigenvalue weighted by molar-refractivity contribution is -0.127. The Morgan fingerprint density at radius 2 is 1.72 bits per heavy atom. The molecule has 0 radical (unpaired) electrons. The molecular formula is C21H20ClN5OS.